The highest BCUT2D eigenvalue weighted by molar-refractivity contribution is 9.11. The minimum absolute atomic E-state index is 0.161. The van der Waals surface area contributed by atoms with Gasteiger partial charge in [-0.15, -0.1) is 11.3 Å². The van der Waals surface area contributed by atoms with Crippen LogP contribution in [0.15, 0.2) is 39.7 Å². The molecule has 0 saturated heterocycles. The molecule has 1 heterocycles. The molecule has 2 nitrogen and oxygen atoms in total. The third-order valence-corrected chi connectivity index (χ3v) is 6.93. The molecule has 0 saturated carbocycles. The van der Waals surface area contributed by atoms with Crippen LogP contribution in [-0.2, 0) is 6.42 Å². The van der Waals surface area contributed by atoms with Crippen LogP contribution in [-0.4, -0.2) is 11.6 Å². The van der Waals surface area contributed by atoms with E-state index in [1.165, 1.54) is 31.2 Å². The summed E-state index contributed by atoms with van der Waals surface area (Å²) in [5, 5.41) is 0. The molecular formula is C22H23BrO2S. The number of allylic oxidation sites excluding steroid dienone is 1. The van der Waals surface area contributed by atoms with Crippen molar-refractivity contribution in [3.05, 3.63) is 61.3 Å². The standard InChI is InChI=1S/C22H23BrO2S/c1-3-5-8-14(4-2)11-15-12-16(26-22(15)23)13-19-20(24)17-9-6-7-10-18(17)21(19)25/h6-7,9-10,12-14H,3-5,8,11H2,1-2H3. The van der Waals surface area contributed by atoms with Crippen LogP contribution in [0.25, 0.3) is 6.08 Å². The Hall–Kier alpha value is -1.52. The van der Waals surface area contributed by atoms with Crippen LogP contribution in [0.3, 0.4) is 0 Å². The van der Waals surface area contributed by atoms with Gasteiger partial charge in [0.15, 0.2) is 11.6 Å². The Bertz CT molecular complexity index is 826. The molecule has 0 radical (unpaired) electrons. The Labute approximate surface area is 167 Å². The normalized spacial score (nSPS) is 14.7. The van der Waals surface area contributed by atoms with Crippen molar-refractivity contribution >= 4 is 44.9 Å². The van der Waals surface area contributed by atoms with Crippen LogP contribution in [0.5, 0.6) is 0 Å². The molecule has 3 rings (SSSR count). The SMILES string of the molecule is CCCCC(CC)Cc1cc(C=C2C(=O)c3ccccc3C2=O)sc1Br. The van der Waals surface area contributed by atoms with Crippen LogP contribution >= 0.6 is 27.3 Å². The molecule has 1 aromatic heterocycles. The molecule has 0 amide bonds. The monoisotopic (exact) mass is 430 g/mol. The molecule has 0 aliphatic heterocycles. The van der Waals surface area contributed by atoms with Gasteiger partial charge in [0.25, 0.3) is 0 Å². The molecule has 1 aromatic carbocycles. The Kier molecular flexibility index (Phi) is 6.25. The second-order valence-corrected chi connectivity index (χ2v) is 9.23. The summed E-state index contributed by atoms with van der Waals surface area (Å²) in [4.78, 5) is 26.1. The fourth-order valence-electron chi connectivity index (χ4n) is 3.44. The van der Waals surface area contributed by atoms with E-state index in [1.807, 2.05) is 0 Å². The molecule has 26 heavy (non-hydrogen) atoms. The Morgan fingerprint density at radius 1 is 1.12 bits per heavy atom. The molecule has 0 bridgehead atoms. The zero-order valence-corrected chi connectivity index (χ0v) is 17.6. The van der Waals surface area contributed by atoms with Crippen molar-refractivity contribution in [1.82, 2.24) is 0 Å². The highest BCUT2D eigenvalue weighted by Crippen LogP contribution is 2.35. The fraction of sp³-hybridized carbons (Fsp3) is 0.364. The Balaban J connectivity index is 1.83. The Morgan fingerprint density at radius 2 is 1.77 bits per heavy atom. The fourth-order valence-corrected chi connectivity index (χ4v) is 5.13. The van der Waals surface area contributed by atoms with E-state index in [9.17, 15) is 9.59 Å². The summed E-state index contributed by atoms with van der Waals surface area (Å²) < 4.78 is 1.11. The molecule has 1 aliphatic rings. The van der Waals surface area contributed by atoms with E-state index in [-0.39, 0.29) is 17.1 Å². The second-order valence-electron chi connectivity index (χ2n) is 6.83. The zero-order valence-electron chi connectivity index (χ0n) is 15.2. The van der Waals surface area contributed by atoms with Crippen molar-refractivity contribution < 1.29 is 9.59 Å². The van der Waals surface area contributed by atoms with Crippen LogP contribution in [0.2, 0.25) is 0 Å². The molecule has 2 aromatic rings. The quantitative estimate of drug-likeness (QED) is 0.360. The number of thiophene rings is 1. The lowest BCUT2D eigenvalue weighted by atomic mass is 9.93. The van der Waals surface area contributed by atoms with E-state index in [1.54, 1.807) is 41.7 Å². The summed E-state index contributed by atoms with van der Waals surface area (Å²) in [6.07, 6.45) is 7.71. The van der Waals surface area contributed by atoms with Crippen LogP contribution in [0, 0.1) is 5.92 Å². The van der Waals surface area contributed by atoms with Gasteiger partial charge in [-0.05, 0) is 46.0 Å². The van der Waals surface area contributed by atoms with Gasteiger partial charge >= 0.3 is 0 Å². The van der Waals surface area contributed by atoms with E-state index < -0.39 is 0 Å². The summed E-state index contributed by atoms with van der Waals surface area (Å²) in [5.74, 6) is 0.359. The predicted molar refractivity (Wildman–Crippen MR) is 112 cm³/mol. The van der Waals surface area contributed by atoms with Gasteiger partial charge in [0.1, 0.15) is 0 Å². The maximum absolute atomic E-state index is 12.5. The summed E-state index contributed by atoms with van der Waals surface area (Å²) in [5.41, 5.74) is 2.60. The molecule has 0 fully saturated rings. The van der Waals surface area contributed by atoms with Gasteiger partial charge in [0.2, 0.25) is 0 Å². The number of halogens is 1. The van der Waals surface area contributed by atoms with Gasteiger partial charge < -0.3 is 0 Å². The van der Waals surface area contributed by atoms with Crippen molar-refractivity contribution in [3.8, 4) is 0 Å². The number of benzene rings is 1. The Morgan fingerprint density at radius 3 is 2.35 bits per heavy atom. The molecule has 1 atom stereocenters. The van der Waals surface area contributed by atoms with Gasteiger partial charge in [0.05, 0.1) is 9.36 Å². The smallest absolute Gasteiger partial charge is 0.197 e. The number of carbonyl (C=O) groups excluding carboxylic acids is 2. The molecule has 136 valence electrons. The topological polar surface area (TPSA) is 34.1 Å². The first-order valence-electron chi connectivity index (χ1n) is 9.23. The summed E-state index contributed by atoms with van der Waals surface area (Å²) in [7, 11) is 0. The molecule has 4 heteroatoms. The number of hydrogen-bond acceptors (Lipinski definition) is 3. The maximum Gasteiger partial charge on any atom is 0.197 e. The molecule has 0 spiro atoms. The van der Waals surface area contributed by atoms with Gasteiger partial charge in [-0.1, -0.05) is 63.8 Å². The largest absolute Gasteiger partial charge is 0.288 e. The first-order valence-corrected chi connectivity index (χ1v) is 10.8. The minimum atomic E-state index is -0.161. The second kappa shape index (κ2) is 8.45. The average molecular weight is 431 g/mol. The first kappa shape index (κ1) is 19.2. The van der Waals surface area contributed by atoms with E-state index >= 15 is 0 Å². The maximum atomic E-state index is 12.5. The van der Waals surface area contributed by atoms with Gasteiger partial charge in [-0.3, -0.25) is 9.59 Å². The number of carbonyl (C=O) groups is 2. The van der Waals surface area contributed by atoms with Crippen molar-refractivity contribution in [1.29, 1.82) is 0 Å². The van der Waals surface area contributed by atoms with E-state index in [4.69, 9.17) is 0 Å². The lowest BCUT2D eigenvalue weighted by Crippen LogP contribution is -2.03. The average Bonchev–Trinajstić information content (AvgIpc) is 3.11. The summed E-state index contributed by atoms with van der Waals surface area (Å²) >= 11 is 5.27. The van der Waals surface area contributed by atoms with Gasteiger partial charge in [-0.25, -0.2) is 0 Å². The third-order valence-electron chi connectivity index (χ3n) is 5.02. The van der Waals surface area contributed by atoms with Crippen LogP contribution < -0.4 is 0 Å². The van der Waals surface area contributed by atoms with Crippen molar-refractivity contribution in [3.63, 3.8) is 0 Å². The number of unbranched alkanes of at least 4 members (excludes halogenated alkanes) is 1. The highest BCUT2D eigenvalue weighted by atomic mass is 79.9. The van der Waals surface area contributed by atoms with E-state index in [0.717, 1.165) is 15.1 Å². The highest BCUT2D eigenvalue weighted by Gasteiger charge is 2.32. The first-order chi connectivity index (χ1) is 12.5. The lowest BCUT2D eigenvalue weighted by molar-refractivity contribution is 0.0990. The number of Topliss-reactive ketones (excluding diaryl/α,β-unsaturated/α-hetero) is 2. The lowest BCUT2D eigenvalue weighted by Gasteiger charge is -2.13. The summed E-state index contributed by atoms with van der Waals surface area (Å²) in [6.45, 7) is 4.47. The molecule has 0 N–H and O–H groups in total. The summed E-state index contributed by atoms with van der Waals surface area (Å²) in [6, 6.07) is 9.18. The molecular weight excluding hydrogens is 408 g/mol. The molecule has 1 unspecified atom stereocenters. The van der Waals surface area contributed by atoms with Crippen molar-refractivity contribution in [2.75, 3.05) is 0 Å². The van der Waals surface area contributed by atoms with Crippen LogP contribution in [0.1, 0.15) is 70.7 Å². The van der Waals surface area contributed by atoms with Crippen molar-refractivity contribution in [2.45, 2.75) is 46.0 Å². The van der Waals surface area contributed by atoms with Gasteiger partial charge in [-0.2, -0.15) is 0 Å². The number of ketones is 2. The van der Waals surface area contributed by atoms with Crippen molar-refractivity contribution in [2.24, 2.45) is 5.92 Å². The molecule has 1 aliphatic carbocycles. The van der Waals surface area contributed by atoms with E-state index in [2.05, 4.69) is 35.8 Å². The minimum Gasteiger partial charge on any atom is -0.288 e. The number of hydrogen-bond donors (Lipinski definition) is 0. The number of rotatable bonds is 7. The predicted octanol–water partition coefficient (Wildman–Crippen LogP) is 6.73. The van der Waals surface area contributed by atoms with Gasteiger partial charge in [0, 0.05) is 16.0 Å². The third kappa shape index (κ3) is 3.91. The van der Waals surface area contributed by atoms with Crippen LogP contribution in [0.4, 0.5) is 0 Å². The van der Waals surface area contributed by atoms with E-state index in [0.29, 0.717) is 17.0 Å². The zero-order chi connectivity index (χ0) is 18.7. The number of fused-ring (bicyclic) bond motifs is 1.